The highest BCUT2D eigenvalue weighted by Crippen LogP contribution is 2.25. The second kappa shape index (κ2) is 7.12. The van der Waals surface area contributed by atoms with Crippen molar-refractivity contribution in [2.24, 2.45) is 7.05 Å². The first-order chi connectivity index (χ1) is 15.6. The summed E-state index contributed by atoms with van der Waals surface area (Å²) in [5.74, 6) is -0.197. The van der Waals surface area contributed by atoms with Crippen molar-refractivity contribution in [1.29, 1.82) is 0 Å². The van der Waals surface area contributed by atoms with E-state index in [1.165, 1.54) is 0 Å². The van der Waals surface area contributed by atoms with Gasteiger partial charge in [-0.1, -0.05) is 12.1 Å². The summed E-state index contributed by atoms with van der Waals surface area (Å²) in [6, 6.07) is 7.37. The number of carbonyl (C=O) groups is 1. The van der Waals surface area contributed by atoms with E-state index < -0.39 is 38.0 Å². The van der Waals surface area contributed by atoms with Gasteiger partial charge in [-0.2, -0.15) is 0 Å². The maximum atomic E-state index is 13.1. The molecule has 1 saturated heterocycles. The minimum absolute atomic E-state index is 0.136. The number of imidazole rings is 1. The zero-order chi connectivity index (χ0) is 25.3. The summed E-state index contributed by atoms with van der Waals surface area (Å²) in [6.45, 7) is -6.35. The van der Waals surface area contributed by atoms with Crippen LogP contribution in [0.25, 0.3) is 22.0 Å². The van der Waals surface area contributed by atoms with E-state index in [1.807, 2.05) is 36.7 Å². The van der Waals surface area contributed by atoms with Crippen LogP contribution in [0.3, 0.4) is 0 Å². The topological polar surface area (TPSA) is 60.2 Å². The molecule has 1 unspecified atom stereocenters. The number of pyridine rings is 1. The molecular formula is C21H24N4O2. The highest BCUT2D eigenvalue weighted by atomic mass is 16.5. The van der Waals surface area contributed by atoms with Crippen molar-refractivity contribution < 1.29 is 19.1 Å². The van der Waals surface area contributed by atoms with Gasteiger partial charge < -0.3 is 14.2 Å². The maximum Gasteiger partial charge on any atom is 0.228 e. The van der Waals surface area contributed by atoms with Gasteiger partial charge in [0.2, 0.25) is 5.91 Å². The quantitative estimate of drug-likeness (QED) is 0.710. The number of hydrogen-bond donors (Lipinski definition) is 0. The maximum absolute atomic E-state index is 13.1. The van der Waals surface area contributed by atoms with Gasteiger partial charge in [0, 0.05) is 37.2 Å². The van der Waals surface area contributed by atoms with E-state index in [0.717, 1.165) is 34.8 Å². The van der Waals surface area contributed by atoms with Crippen LogP contribution in [-0.2, 0) is 23.0 Å². The van der Waals surface area contributed by atoms with Crippen LogP contribution in [0.4, 0.5) is 0 Å². The number of fused-ring (bicyclic) bond motifs is 1. The fourth-order valence-electron chi connectivity index (χ4n) is 2.92. The highest BCUT2D eigenvalue weighted by Gasteiger charge is 2.21. The van der Waals surface area contributed by atoms with E-state index in [2.05, 4.69) is 9.97 Å². The van der Waals surface area contributed by atoms with Crippen LogP contribution in [0.1, 0.15) is 28.0 Å². The summed E-state index contributed by atoms with van der Waals surface area (Å²) in [7, 11) is 1.90. The van der Waals surface area contributed by atoms with Crippen LogP contribution < -0.4 is 0 Å². The molecule has 0 N–H and O–H groups in total. The largest absolute Gasteiger partial charge is 0.375 e. The Balaban J connectivity index is 1.70. The van der Waals surface area contributed by atoms with Gasteiger partial charge >= 0.3 is 0 Å². The summed E-state index contributed by atoms with van der Waals surface area (Å²) < 4.78 is 63.2. The molecule has 1 amide bonds. The SMILES string of the molecule is [2H]C1([2H])OC([2H])(C)C([2H])([2H])N(C(=O)Cc2cc3cc(-c4cnc(C)n4C)ccc3cn2)C1([2H])[2H]. The molecule has 0 spiro atoms. The molecule has 6 nitrogen and oxygen atoms in total. The predicted molar refractivity (Wildman–Crippen MR) is 104 cm³/mol. The van der Waals surface area contributed by atoms with E-state index in [4.69, 9.17) is 14.3 Å². The van der Waals surface area contributed by atoms with Gasteiger partial charge in [0.25, 0.3) is 0 Å². The van der Waals surface area contributed by atoms with Gasteiger partial charge in [-0.3, -0.25) is 9.78 Å². The molecule has 0 radical (unpaired) electrons. The number of carbonyl (C=O) groups excluding carboxylic acids is 1. The van der Waals surface area contributed by atoms with Crippen LogP contribution in [-0.4, -0.2) is 51.0 Å². The van der Waals surface area contributed by atoms with Crippen molar-refractivity contribution in [3.05, 3.63) is 48.2 Å². The van der Waals surface area contributed by atoms with Gasteiger partial charge in [-0.25, -0.2) is 4.98 Å². The molecular weight excluding hydrogens is 340 g/mol. The number of aromatic nitrogens is 3. The number of amides is 1. The highest BCUT2D eigenvalue weighted by molar-refractivity contribution is 5.87. The van der Waals surface area contributed by atoms with E-state index in [-0.39, 0.29) is 10.6 Å². The minimum Gasteiger partial charge on any atom is -0.375 e. The van der Waals surface area contributed by atoms with E-state index in [1.54, 1.807) is 18.5 Å². The van der Waals surface area contributed by atoms with Gasteiger partial charge in [-0.15, -0.1) is 0 Å². The van der Waals surface area contributed by atoms with E-state index in [9.17, 15) is 4.79 Å². The fraction of sp³-hybridized carbons (Fsp3) is 0.381. The Morgan fingerprint density at radius 2 is 2.19 bits per heavy atom. The third-order valence-corrected chi connectivity index (χ3v) is 4.51. The molecule has 4 rings (SSSR count). The smallest absolute Gasteiger partial charge is 0.228 e. The van der Waals surface area contributed by atoms with Crippen LogP contribution >= 0.6 is 0 Å². The van der Waals surface area contributed by atoms with Gasteiger partial charge in [-0.05, 0) is 31.4 Å². The average Bonchev–Trinajstić information content (AvgIpc) is 3.03. The Kier molecular flexibility index (Phi) is 2.95. The monoisotopic (exact) mass is 371 g/mol. The Morgan fingerprint density at radius 1 is 1.33 bits per heavy atom. The third kappa shape index (κ3) is 3.57. The molecule has 140 valence electrons. The predicted octanol–water partition coefficient (Wildman–Crippen LogP) is 2.73. The van der Waals surface area contributed by atoms with Gasteiger partial charge in [0.05, 0.1) is 46.2 Å². The molecule has 27 heavy (non-hydrogen) atoms. The van der Waals surface area contributed by atoms with Crippen molar-refractivity contribution in [1.82, 2.24) is 19.4 Å². The second-order valence-corrected chi connectivity index (χ2v) is 6.38. The van der Waals surface area contributed by atoms with Crippen LogP contribution in [0.2, 0.25) is 0 Å². The van der Waals surface area contributed by atoms with Gasteiger partial charge in [0.1, 0.15) is 5.82 Å². The Bertz CT molecular complexity index is 1260. The zero-order valence-corrected chi connectivity index (χ0v) is 15.3. The lowest BCUT2D eigenvalue weighted by Crippen LogP contribution is -2.45. The lowest BCUT2D eigenvalue weighted by Gasteiger charge is -2.31. The van der Waals surface area contributed by atoms with Crippen molar-refractivity contribution >= 4 is 16.7 Å². The molecule has 1 aliphatic rings. The Labute approximate surface area is 168 Å². The number of rotatable bonds is 3. The van der Waals surface area contributed by atoms with Crippen LogP contribution in [0.5, 0.6) is 0 Å². The van der Waals surface area contributed by atoms with E-state index >= 15 is 0 Å². The van der Waals surface area contributed by atoms with Crippen LogP contribution in [0, 0.1) is 6.92 Å². The number of aryl methyl sites for hydroxylation is 1. The molecule has 0 bridgehead atoms. The first-order valence-electron chi connectivity index (χ1n) is 12.0. The van der Waals surface area contributed by atoms with E-state index in [0.29, 0.717) is 0 Å². The van der Waals surface area contributed by atoms with Crippen molar-refractivity contribution in [3.8, 4) is 11.3 Å². The minimum atomic E-state index is -3.16. The number of hydrogen-bond acceptors (Lipinski definition) is 4. The normalized spacial score (nSPS) is 29.6. The number of morpholine rings is 1. The second-order valence-electron chi connectivity index (χ2n) is 6.38. The molecule has 1 aromatic carbocycles. The summed E-state index contributed by atoms with van der Waals surface area (Å²) in [5.41, 5.74) is 2.06. The summed E-state index contributed by atoms with van der Waals surface area (Å²) in [5, 5.41) is 1.58. The zero-order valence-electron chi connectivity index (χ0n) is 22.3. The molecule has 6 heteroatoms. The number of nitrogens with zero attached hydrogens (tertiary/aromatic N) is 4. The first-order valence-corrected chi connectivity index (χ1v) is 8.49. The lowest BCUT2D eigenvalue weighted by atomic mass is 10.1. The molecule has 1 aliphatic heterocycles. The molecule has 3 aromatic rings. The summed E-state index contributed by atoms with van der Waals surface area (Å²) in [6.07, 6.45) is 0.296. The Morgan fingerprint density at radius 3 is 2.96 bits per heavy atom. The average molecular weight is 371 g/mol. The number of benzene rings is 1. The number of ether oxygens (including phenoxy) is 1. The summed E-state index contributed by atoms with van der Waals surface area (Å²) >= 11 is 0. The molecule has 1 fully saturated rings. The molecule has 2 aromatic heterocycles. The molecule has 0 saturated carbocycles. The standard InChI is InChI=1S/C21H24N4O2/c1-14-13-25(6-7-27-14)21(26)10-19-9-18-8-16(4-5-17(18)11-23-19)20-12-22-15(2)24(20)3/h4-5,8-9,11-12,14H,6-7,10,13H2,1-3H3/i6D2,7D2,13D2,14D. The van der Waals surface area contributed by atoms with Crippen molar-refractivity contribution in [3.63, 3.8) is 0 Å². The molecule has 0 aliphatic carbocycles. The fourth-order valence-corrected chi connectivity index (χ4v) is 2.92. The van der Waals surface area contributed by atoms with Crippen molar-refractivity contribution in [2.45, 2.75) is 26.3 Å². The molecule has 3 heterocycles. The van der Waals surface area contributed by atoms with Gasteiger partial charge in [0.15, 0.2) is 0 Å². The van der Waals surface area contributed by atoms with Crippen molar-refractivity contribution in [2.75, 3.05) is 19.6 Å². The van der Waals surface area contributed by atoms with Crippen LogP contribution in [0.15, 0.2) is 36.7 Å². The lowest BCUT2D eigenvalue weighted by molar-refractivity contribution is -0.137. The summed E-state index contributed by atoms with van der Waals surface area (Å²) in [4.78, 5) is 21.8. The Hall–Kier alpha value is -2.73. The molecule has 1 atom stereocenters. The first kappa shape index (κ1) is 11.2. The third-order valence-electron chi connectivity index (χ3n) is 4.51.